The van der Waals surface area contributed by atoms with Gasteiger partial charge in [-0.25, -0.2) is 0 Å². The van der Waals surface area contributed by atoms with E-state index in [1.807, 2.05) is 11.9 Å². The summed E-state index contributed by atoms with van der Waals surface area (Å²) in [4.78, 5) is 2.82. The number of ether oxygens (including phenoxy) is 2. The molecule has 9 nitrogen and oxygen atoms in total. The Bertz CT molecular complexity index is 1410. The molecule has 49 heavy (non-hydrogen) atoms. The first kappa shape index (κ1) is 33.2. The summed E-state index contributed by atoms with van der Waals surface area (Å²) in [5, 5.41) is 17.2. The molecular formula is C39H59N7O2S. The summed E-state index contributed by atoms with van der Waals surface area (Å²) >= 11 is 1.87. The number of hydrogen-bond donors (Lipinski definition) is 4. The van der Waals surface area contributed by atoms with E-state index in [1.54, 1.807) is 0 Å². The third-order valence-corrected chi connectivity index (χ3v) is 14.7. The van der Waals surface area contributed by atoms with Gasteiger partial charge in [-0.2, -0.15) is 0 Å². The Morgan fingerprint density at radius 1 is 0.980 bits per heavy atom. The van der Waals surface area contributed by atoms with E-state index >= 15 is 0 Å². The van der Waals surface area contributed by atoms with Crippen molar-refractivity contribution in [2.24, 2.45) is 28.6 Å². The van der Waals surface area contributed by atoms with Crippen LogP contribution in [0.2, 0.25) is 0 Å². The van der Waals surface area contributed by atoms with Crippen LogP contribution in [0.15, 0.2) is 42.6 Å². The zero-order chi connectivity index (χ0) is 33.1. The highest BCUT2D eigenvalue weighted by atomic mass is 32.2. The second-order valence-electron chi connectivity index (χ2n) is 17.3. The molecule has 0 amide bonds. The summed E-state index contributed by atoms with van der Waals surface area (Å²) < 4.78 is 18.8. The average Bonchev–Trinajstić information content (AvgIpc) is 4.06. The lowest BCUT2D eigenvalue weighted by Crippen LogP contribution is -2.60. The summed E-state index contributed by atoms with van der Waals surface area (Å²) in [6.07, 6.45) is 18.3. The molecule has 4 aliphatic heterocycles. The molecule has 5 heterocycles. The van der Waals surface area contributed by atoms with E-state index in [1.165, 1.54) is 69.9 Å². The molecule has 10 heteroatoms. The Hall–Kier alpha value is -1.66. The van der Waals surface area contributed by atoms with Gasteiger partial charge >= 0.3 is 0 Å². The van der Waals surface area contributed by atoms with Gasteiger partial charge in [0.2, 0.25) is 5.88 Å². The number of benzene rings is 1. The van der Waals surface area contributed by atoms with Crippen LogP contribution in [0, 0.1) is 28.6 Å². The summed E-state index contributed by atoms with van der Waals surface area (Å²) in [7, 11) is 0. The van der Waals surface area contributed by atoms with Crippen LogP contribution in [0.5, 0.6) is 5.88 Å². The van der Waals surface area contributed by atoms with Crippen molar-refractivity contribution in [1.29, 1.82) is 0 Å². The fourth-order valence-corrected chi connectivity index (χ4v) is 12.1. The van der Waals surface area contributed by atoms with E-state index in [-0.39, 0.29) is 24.0 Å². The van der Waals surface area contributed by atoms with E-state index in [2.05, 4.69) is 86.7 Å². The van der Waals surface area contributed by atoms with Crippen LogP contribution in [0.25, 0.3) is 0 Å². The Kier molecular flexibility index (Phi) is 9.07. The molecule has 0 radical (unpaired) electrons. The van der Waals surface area contributed by atoms with Gasteiger partial charge in [0.25, 0.3) is 0 Å². The lowest BCUT2D eigenvalue weighted by molar-refractivity contribution is 0.00369. The van der Waals surface area contributed by atoms with Gasteiger partial charge < -0.3 is 14.8 Å². The van der Waals surface area contributed by atoms with Crippen molar-refractivity contribution in [1.82, 2.24) is 35.4 Å². The molecule has 2 aromatic rings. The maximum atomic E-state index is 6.50. The molecule has 4 bridgehead atoms. The fourth-order valence-electron chi connectivity index (χ4n) is 11.0. The largest absolute Gasteiger partial charge is 0.477 e. The molecule has 9 rings (SSSR count). The average molecular weight is 690 g/mol. The second kappa shape index (κ2) is 13.4. The fraction of sp³-hybridized carbons (Fsp3) is 0.769. The molecule has 2 spiro atoms. The zero-order valence-corrected chi connectivity index (χ0v) is 30.6. The van der Waals surface area contributed by atoms with Gasteiger partial charge in [-0.3, -0.25) is 24.9 Å². The van der Waals surface area contributed by atoms with Crippen LogP contribution in [0.3, 0.4) is 0 Å². The Labute approximate surface area is 297 Å². The summed E-state index contributed by atoms with van der Waals surface area (Å²) in [5.74, 6) is 2.96. The van der Waals surface area contributed by atoms with Gasteiger partial charge in [-0.15, -0.1) is 5.10 Å². The number of fused-ring (bicyclic) bond motifs is 7. The topological polar surface area (TPSA) is 87.6 Å². The quantitative estimate of drug-likeness (QED) is 0.249. The maximum absolute atomic E-state index is 6.50. The minimum atomic E-state index is 0.167. The van der Waals surface area contributed by atoms with Crippen LogP contribution in [0.1, 0.15) is 103 Å². The third kappa shape index (κ3) is 6.73. The Morgan fingerprint density at radius 3 is 2.63 bits per heavy atom. The summed E-state index contributed by atoms with van der Waals surface area (Å²) in [6, 6.07) is 12.7. The van der Waals surface area contributed by atoms with Crippen molar-refractivity contribution in [3.63, 3.8) is 0 Å². The van der Waals surface area contributed by atoms with Gasteiger partial charge in [0.05, 0.1) is 37.0 Å². The monoisotopic (exact) mass is 689 g/mol. The molecule has 1 aromatic heterocycles. The van der Waals surface area contributed by atoms with Gasteiger partial charge in [0.1, 0.15) is 6.17 Å². The van der Waals surface area contributed by atoms with Crippen molar-refractivity contribution in [3.05, 3.63) is 48.2 Å². The van der Waals surface area contributed by atoms with Crippen LogP contribution >= 0.6 is 11.9 Å². The maximum Gasteiger partial charge on any atom is 0.232 e. The molecular weight excluding hydrogens is 631 g/mol. The third-order valence-electron chi connectivity index (χ3n) is 13.8. The van der Waals surface area contributed by atoms with E-state index in [0.717, 1.165) is 67.5 Å². The molecule has 3 saturated carbocycles. The summed E-state index contributed by atoms with van der Waals surface area (Å²) in [6.45, 7) is 9.63. The van der Waals surface area contributed by atoms with Gasteiger partial charge in [0.15, 0.2) is 0 Å². The van der Waals surface area contributed by atoms with Crippen LogP contribution in [-0.2, 0) is 11.3 Å². The van der Waals surface area contributed by atoms with E-state index in [9.17, 15) is 0 Å². The highest BCUT2D eigenvalue weighted by Gasteiger charge is 2.85. The predicted molar refractivity (Wildman–Crippen MR) is 195 cm³/mol. The van der Waals surface area contributed by atoms with Crippen LogP contribution in [0.4, 0.5) is 0 Å². The van der Waals surface area contributed by atoms with Crippen LogP contribution < -0.4 is 25.4 Å². The molecule has 268 valence electrons. The number of rotatable bonds is 8. The SMILES string of the molecule is CC1(C)C[C@@H]2CCCNC3CC(OCc4ccccc4)CC(N3)SNCC3CCC(n4ccc(OCCC5C6(CC6)C56CC6)n4)NC3N1C2. The van der Waals surface area contributed by atoms with Crippen molar-refractivity contribution in [3.8, 4) is 5.88 Å². The molecule has 4 saturated heterocycles. The second-order valence-corrected chi connectivity index (χ2v) is 18.4. The highest BCUT2D eigenvalue weighted by molar-refractivity contribution is 7.98. The molecule has 8 atom stereocenters. The molecule has 1 aromatic carbocycles. The van der Waals surface area contributed by atoms with Crippen molar-refractivity contribution in [2.45, 2.75) is 133 Å². The molecule has 7 unspecified atom stereocenters. The molecule has 7 aliphatic rings. The minimum Gasteiger partial charge on any atom is -0.477 e. The van der Waals surface area contributed by atoms with Crippen LogP contribution in [-0.4, -0.2) is 70.3 Å². The first-order valence-electron chi connectivity index (χ1n) is 19.7. The van der Waals surface area contributed by atoms with Crippen molar-refractivity contribution in [2.75, 3.05) is 26.2 Å². The number of nitrogens with one attached hydrogen (secondary N) is 4. The molecule has 7 fully saturated rings. The number of hydrogen-bond acceptors (Lipinski definition) is 9. The molecule has 3 aliphatic carbocycles. The first-order chi connectivity index (χ1) is 23.9. The number of aromatic nitrogens is 2. The number of piperidine rings is 2. The molecule has 4 N–H and O–H groups in total. The number of nitrogens with zero attached hydrogens (tertiary/aromatic N) is 3. The van der Waals surface area contributed by atoms with E-state index < -0.39 is 0 Å². The summed E-state index contributed by atoms with van der Waals surface area (Å²) in [5.41, 5.74) is 2.93. The van der Waals surface area contributed by atoms with Gasteiger partial charge in [-0.1, -0.05) is 42.3 Å². The van der Waals surface area contributed by atoms with E-state index in [4.69, 9.17) is 14.6 Å². The van der Waals surface area contributed by atoms with Gasteiger partial charge in [0, 0.05) is 43.2 Å². The minimum absolute atomic E-state index is 0.167. The lowest BCUT2D eigenvalue weighted by Gasteiger charge is -2.47. The smallest absolute Gasteiger partial charge is 0.232 e. The first-order valence-corrected chi connectivity index (χ1v) is 20.5. The Balaban J connectivity index is 0.841. The normalized spacial score (nSPS) is 37.6. The van der Waals surface area contributed by atoms with Gasteiger partial charge in [-0.05, 0) is 119 Å². The lowest BCUT2D eigenvalue weighted by atomic mass is 9.90. The Morgan fingerprint density at radius 2 is 1.82 bits per heavy atom. The van der Waals surface area contributed by atoms with Crippen molar-refractivity contribution >= 4 is 11.9 Å². The zero-order valence-electron chi connectivity index (χ0n) is 29.7. The highest BCUT2D eigenvalue weighted by Crippen LogP contribution is 2.93. The van der Waals surface area contributed by atoms with Crippen molar-refractivity contribution < 1.29 is 9.47 Å². The van der Waals surface area contributed by atoms with E-state index in [0.29, 0.717) is 24.1 Å². The standard InChI is InChI=1S/C39H59N7O2S/c1-37(2)23-28-9-6-18-40-32-21-30(48-26-27-7-4-3-5-8-27)22-35(42-32)49-41-24-29-10-11-33(43-36(29)45(37)25-28)46-19-12-34(44-46)47-20-13-31-38(14-15-38)39(31)16-17-39/h3-5,7-8,12,19,28-33,35-36,40-43H,6,9-11,13-18,20-26H2,1-2H3/t28-,29?,30?,32?,33?,35?,36?/m0/s1. The predicted octanol–water partition coefficient (Wildman–Crippen LogP) is 6.01.